The van der Waals surface area contributed by atoms with Crippen molar-refractivity contribution >= 4 is 11.8 Å². The van der Waals surface area contributed by atoms with Crippen molar-refractivity contribution in [3.05, 3.63) is 18.2 Å². The number of alkyl carbamates (subject to hydrolysis) is 1. The van der Waals surface area contributed by atoms with Crippen molar-refractivity contribution in [1.29, 1.82) is 0 Å². The second-order valence-electron chi connectivity index (χ2n) is 6.02. The number of hydrogen-bond donors (Lipinski definition) is 3. The van der Waals surface area contributed by atoms with Crippen molar-refractivity contribution in [3.8, 4) is 11.5 Å². The Balaban J connectivity index is 2.59. The van der Waals surface area contributed by atoms with Crippen LogP contribution in [0, 0.1) is 0 Å². The molecule has 0 aromatic heterocycles. The van der Waals surface area contributed by atoms with Crippen molar-refractivity contribution in [3.63, 3.8) is 0 Å². The molecule has 0 unspecified atom stereocenters. The van der Waals surface area contributed by atoms with Crippen LogP contribution in [0.2, 0.25) is 0 Å². The molecule has 0 saturated carbocycles. The molecule has 1 atom stereocenters. The zero-order chi connectivity index (χ0) is 16.8. The summed E-state index contributed by atoms with van der Waals surface area (Å²) in [5.74, 6) is 0.688. The van der Waals surface area contributed by atoms with E-state index in [0.717, 1.165) is 12.1 Å². The van der Waals surface area contributed by atoms with Crippen LogP contribution in [0.15, 0.2) is 18.2 Å². The van der Waals surface area contributed by atoms with Crippen molar-refractivity contribution in [2.24, 2.45) is 0 Å². The van der Waals surface area contributed by atoms with E-state index in [1.807, 2.05) is 27.7 Å². The van der Waals surface area contributed by atoms with E-state index >= 15 is 0 Å². The van der Waals surface area contributed by atoms with Crippen LogP contribution in [0.1, 0.15) is 34.1 Å². The topological polar surface area (TPSA) is 79.8 Å². The predicted octanol–water partition coefficient (Wildman–Crippen LogP) is 3.12. The minimum atomic E-state index is -0.518. The summed E-state index contributed by atoms with van der Waals surface area (Å²) in [6.07, 6.45) is 0.325. The average Bonchev–Trinajstić information content (AvgIpc) is 2.42. The molecule has 6 heteroatoms. The number of carbonyl (C=O) groups excluding carboxylic acids is 1. The first-order valence-electron chi connectivity index (χ1n) is 7.35. The number of methoxy groups -OCH3 is 1. The number of rotatable bonds is 6. The highest BCUT2D eigenvalue weighted by Gasteiger charge is 2.18. The van der Waals surface area contributed by atoms with Crippen LogP contribution in [0.4, 0.5) is 10.5 Å². The average molecular weight is 310 g/mol. The summed E-state index contributed by atoms with van der Waals surface area (Å²) >= 11 is 0. The van der Waals surface area contributed by atoms with Crippen LogP contribution in [-0.4, -0.2) is 36.5 Å². The van der Waals surface area contributed by atoms with Gasteiger partial charge in [-0.05, 0) is 39.3 Å². The summed E-state index contributed by atoms with van der Waals surface area (Å²) in [4.78, 5) is 11.8. The Morgan fingerprint density at radius 2 is 2.05 bits per heavy atom. The molecule has 0 aliphatic heterocycles. The van der Waals surface area contributed by atoms with Crippen molar-refractivity contribution in [1.82, 2.24) is 5.32 Å². The summed E-state index contributed by atoms with van der Waals surface area (Å²) in [5.41, 5.74) is 0.237. The number of ether oxygens (including phenoxy) is 2. The third kappa shape index (κ3) is 6.11. The molecule has 6 nitrogen and oxygen atoms in total. The van der Waals surface area contributed by atoms with E-state index in [-0.39, 0.29) is 11.8 Å². The second kappa shape index (κ2) is 7.77. The molecule has 0 bridgehead atoms. The van der Waals surface area contributed by atoms with Gasteiger partial charge >= 0.3 is 6.09 Å². The third-order valence-electron chi connectivity index (χ3n) is 2.94. The molecule has 0 spiro atoms. The van der Waals surface area contributed by atoms with Gasteiger partial charge < -0.3 is 25.2 Å². The van der Waals surface area contributed by atoms with Crippen LogP contribution in [-0.2, 0) is 4.74 Å². The Bertz CT molecular complexity index is 497. The lowest BCUT2D eigenvalue weighted by Crippen LogP contribution is -2.42. The van der Waals surface area contributed by atoms with E-state index < -0.39 is 11.7 Å². The Morgan fingerprint density at radius 3 is 2.59 bits per heavy atom. The fourth-order valence-electron chi connectivity index (χ4n) is 1.83. The van der Waals surface area contributed by atoms with Crippen LogP contribution in [0.3, 0.4) is 0 Å². The minimum Gasteiger partial charge on any atom is -0.508 e. The summed E-state index contributed by atoms with van der Waals surface area (Å²) in [6.45, 7) is 7.99. The molecule has 1 aromatic carbocycles. The van der Waals surface area contributed by atoms with Crippen molar-refractivity contribution in [2.75, 3.05) is 19.0 Å². The largest absolute Gasteiger partial charge is 0.508 e. The highest BCUT2D eigenvalue weighted by atomic mass is 16.6. The molecule has 0 aliphatic rings. The number of anilines is 1. The van der Waals surface area contributed by atoms with Gasteiger partial charge in [0.1, 0.15) is 17.1 Å². The lowest BCUT2D eigenvalue weighted by molar-refractivity contribution is 0.0506. The molecule has 0 saturated heterocycles. The number of amides is 1. The SMILES string of the molecule is CC[C@@H](CNc1ccc(O)cc1OC)NC(=O)OC(C)(C)C. The first-order valence-corrected chi connectivity index (χ1v) is 7.35. The molecule has 0 aliphatic carbocycles. The van der Waals surface area contributed by atoms with Gasteiger partial charge in [-0.3, -0.25) is 0 Å². The first-order chi connectivity index (χ1) is 10.2. The molecular formula is C16H26N2O4. The Labute approximate surface area is 131 Å². The van der Waals surface area contributed by atoms with Crippen molar-refractivity contribution < 1.29 is 19.4 Å². The zero-order valence-electron chi connectivity index (χ0n) is 13.9. The van der Waals surface area contributed by atoms with E-state index in [9.17, 15) is 9.90 Å². The fourth-order valence-corrected chi connectivity index (χ4v) is 1.83. The molecule has 0 radical (unpaired) electrons. The lowest BCUT2D eigenvalue weighted by Gasteiger charge is -2.23. The van der Waals surface area contributed by atoms with Gasteiger partial charge in [0.05, 0.1) is 12.8 Å². The second-order valence-corrected chi connectivity index (χ2v) is 6.02. The molecule has 1 amide bonds. The van der Waals surface area contributed by atoms with Gasteiger partial charge in [-0.25, -0.2) is 4.79 Å². The summed E-state index contributed by atoms with van der Waals surface area (Å²) in [7, 11) is 1.54. The van der Waals surface area contributed by atoms with Gasteiger partial charge in [-0.1, -0.05) is 6.92 Å². The number of phenolic OH excluding ortho intramolecular Hbond substituents is 1. The smallest absolute Gasteiger partial charge is 0.407 e. The highest BCUT2D eigenvalue weighted by Crippen LogP contribution is 2.28. The van der Waals surface area contributed by atoms with E-state index in [4.69, 9.17) is 9.47 Å². The summed E-state index contributed by atoms with van der Waals surface area (Å²) in [6, 6.07) is 4.76. The number of benzene rings is 1. The quantitative estimate of drug-likeness (QED) is 0.704. The number of carbonyl (C=O) groups is 1. The molecule has 1 rings (SSSR count). The zero-order valence-corrected chi connectivity index (χ0v) is 13.9. The van der Waals surface area contributed by atoms with E-state index in [2.05, 4.69) is 10.6 Å². The maximum Gasteiger partial charge on any atom is 0.407 e. The Hall–Kier alpha value is -2.11. The third-order valence-corrected chi connectivity index (χ3v) is 2.94. The maximum absolute atomic E-state index is 11.8. The van der Waals surface area contributed by atoms with E-state index in [1.54, 1.807) is 12.1 Å². The maximum atomic E-state index is 11.8. The molecule has 3 N–H and O–H groups in total. The van der Waals surface area contributed by atoms with Crippen LogP contribution in [0.5, 0.6) is 11.5 Å². The number of aromatic hydroxyl groups is 1. The van der Waals surface area contributed by atoms with Gasteiger partial charge in [0.25, 0.3) is 0 Å². The Kier molecular flexibility index (Phi) is 6.34. The predicted molar refractivity (Wildman–Crippen MR) is 86.6 cm³/mol. The summed E-state index contributed by atoms with van der Waals surface area (Å²) < 4.78 is 10.5. The highest BCUT2D eigenvalue weighted by molar-refractivity contribution is 5.68. The monoisotopic (exact) mass is 310 g/mol. The standard InChI is InChI=1S/C16H26N2O4/c1-6-11(18-15(20)22-16(2,3)4)10-17-13-8-7-12(19)9-14(13)21-5/h7-9,11,17,19H,6,10H2,1-5H3,(H,18,20)/t11-/m0/s1. The molecule has 22 heavy (non-hydrogen) atoms. The molecule has 124 valence electrons. The number of phenols is 1. The number of hydrogen-bond acceptors (Lipinski definition) is 5. The molecular weight excluding hydrogens is 284 g/mol. The van der Waals surface area contributed by atoms with Crippen LogP contribution in [0.25, 0.3) is 0 Å². The van der Waals surface area contributed by atoms with Crippen LogP contribution >= 0.6 is 0 Å². The van der Waals surface area contributed by atoms with Gasteiger partial charge in [0.15, 0.2) is 0 Å². The van der Waals surface area contributed by atoms with Gasteiger partial charge in [0.2, 0.25) is 0 Å². The van der Waals surface area contributed by atoms with Gasteiger partial charge in [-0.2, -0.15) is 0 Å². The van der Waals surface area contributed by atoms with Gasteiger partial charge in [-0.15, -0.1) is 0 Å². The van der Waals surface area contributed by atoms with Gasteiger partial charge in [0, 0.05) is 18.7 Å². The normalized spacial score (nSPS) is 12.4. The van der Waals surface area contributed by atoms with E-state index in [1.165, 1.54) is 13.2 Å². The first kappa shape index (κ1) is 17.9. The van der Waals surface area contributed by atoms with Crippen LogP contribution < -0.4 is 15.4 Å². The Morgan fingerprint density at radius 1 is 1.36 bits per heavy atom. The summed E-state index contributed by atoms with van der Waals surface area (Å²) in [5, 5.41) is 15.5. The molecule has 0 heterocycles. The van der Waals surface area contributed by atoms with E-state index in [0.29, 0.717) is 12.3 Å². The lowest BCUT2D eigenvalue weighted by atomic mass is 10.2. The molecule has 0 fully saturated rings. The molecule has 1 aromatic rings. The minimum absolute atomic E-state index is 0.0756. The fraction of sp³-hybridized carbons (Fsp3) is 0.562. The number of nitrogens with one attached hydrogen (secondary N) is 2. The van der Waals surface area contributed by atoms with Crippen molar-refractivity contribution in [2.45, 2.75) is 45.8 Å².